The Balaban J connectivity index is 1.27. The zero-order valence-electron chi connectivity index (χ0n) is 21.3. The van der Waals surface area contributed by atoms with Crippen molar-refractivity contribution in [1.29, 1.82) is 0 Å². The first-order chi connectivity index (χ1) is 19.4. The van der Waals surface area contributed by atoms with Crippen molar-refractivity contribution in [3.05, 3.63) is 94.1 Å². The summed E-state index contributed by atoms with van der Waals surface area (Å²) in [6.45, 7) is 0. The Labute approximate surface area is 233 Å². The molecule has 40 heavy (non-hydrogen) atoms. The molecule has 1 atom stereocenters. The average Bonchev–Trinajstić information content (AvgIpc) is 3.66. The highest BCUT2D eigenvalue weighted by atomic mass is 35.5. The van der Waals surface area contributed by atoms with Crippen LogP contribution in [0.2, 0.25) is 5.02 Å². The van der Waals surface area contributed by atoms with Gasteiger partial charge in [-0.1, -0.05) is 11.6 Å². The standard InChI is InChI=1S/C28H23ClFN7O3/c1-40-28(38)33-20-6-7-21(24(30)12-20)17-10-25(31-13-17)22-4-2-3-16-9-18(14-37(39)27(16)22)23-11-19(29)5-8-26(23)36-15-32-34-35-36/h5-9,11-15,22H,2-4,10H2,1H3,(H,33,38). The molecule has 1 aliphatic carbocycles. The van der Waals surface area contributed by atoms with Gasteiger partial charge in [0.15, 0.2) is 6.20 Å². The van der Waals surface area contributed by atoms with Gasteiger partial charge in [-0.15, -0.1) is 5.10 Å². The van der Waals surface area contributed by atoms with Crippen LogP contribution in [0, 0.1) is 11.0 Å². The molecule has 2 aliphatic rings. The van der Waals surface area contributed by atoms with E-state index in [-0.39, 0.29) is 5.92 Å². The van der Waals surface area contributed by atoms with E-state index in [0.29, 0.717) is 45.2 Å². The van der Waals surface area contributed by atoms with Crippen LogP contribution in [0.5, 0.6) is 0 Å². The first-order valence-electron chi connectivity index (χ1n) is 12.6. The van der Waals surface area contributed by atoms with E-state index in [0.717, 1.165) is 40.8 Å². The van der Waals surface area contributed by atoms with Crippen molar-refractivity contribution in [3.63, 3.8) is 0 Å². The van der Waals surface area contributed by atoms with E-state index in [4.69, 9.17) is 11.6 Å². The number of carbonyl (C=O) groups excluding carboxylic acids is 1. The van der Waals surface area contributed by atoms with E-state index in [1.165, 1.54) is 24.2 Å². The van der Waals surface area contributed by atoms with Crippen molar-refractivity contribution in [3.8, 4) is 16.8 Å². The molecule has 0 fully saturated rings. The molecular weight excluding hydrogens is 537 g/mol. The van der Waals surface area contributed by atoms with Crippen LogP contribution in [0.25, 0.3) is 22.4 Å². The van der Waals surface area contributed by atoms with E-state index in [2.05, 4.69) is 30.6 Å². The van der Waals surface area contributed by atoms with Gasteiger partial charge in [0.25, 0.3) is 0 Å². The number of carbonyl (C=O) groups is 1. The number of halogens is 2. The fraction of sp³-hybridized carbons (Fsp3) is 0.214. The Morgan fingerprint density at radius 2 is 2.10 bits per heavy atom. The fourth-order valence-corrected chi connectivity index (χ4v) is 5.55. The zero-order chi connectivity index (χ0) is 27.8. The number of rotatable bonds is 5. The van der Waals surface area contributed by atoms with Crippen LogP contribution >= 0.6 is 11.6 Å². The molecule has 0 saturated heterocycles. The molecule has 12 heteroatoms. The fourth-order valence-electron chi connectivity index (χ4n) is 5.38. The summed E-state index contributed by atoms with van der Waals surface area (Å²) in [7, 11) is 1.24. The minimum absolute atomic E-state index is 0.189. The van der Waals surface area contributed by atoms with E-state index >= 15 is 0 Å². The number of nitrogens with one attached hydrogen (secondary N) is 1. The molecule has 2 aromatic heterocycles. The number of anilines is 1. The largest absolute Gasteiger partial charge is 0.618 e. The lowest BCUT2D eigenvalue weighted by Crippen LogP contribution is -2.38. The predicted octanol–water partition coefficient (Wildman–Crippen LogP) is 5.24. The van der Waals surface area contributed by atoms with Crippen LogP contribution in [0.1, 0.15) is 42.0 Å². The summed E-state index contributed by atoms with van der Waals surface area (Å²) < 4.78 is 21.9. The molecule has 6 rings (SSSR count). The molecule has 0 radical (unpaired) electrons. The third-order valence-corrected chi connectivity index (χ3v) is 7.43. The Bertz CT molecular complexity index is 1690. The number of hydrogen-bond donors (Lipinski definition) is 1. The van der Waals surface area contributed by atoms with Crippen molar-refractivity contribution in [1.82, 2.24) is 20.2 Å². The van der Waals surface area contributed by atoms with E-state index in [1.54, 1.807) is 36.7 Å². The molecule has 4 aromatic rings. The molecule has 0 spiro atoms. The number of pyridine rings is 1. The molecule has 3 heterocycles. The maximum absolute atomic E-state index is 14.9. The lowest BCUT2D eigenvalue weighted by molar-refractivity contribution is -0.615. The highest BCUT2D eigenvalue weighted by Crippen LogP contribution is 2.39. The van der Waals surface area contributed by atoms with Gasteiger partial charge in [-0.3, -0.25) is 10.3 Å². The number of aliphatic imine (C=N–C) groups is 1. The summed E-state index contributed by atoms with van der Waals surface area (Å²) in [5.74, 6) is -0.671. The van der Waals surface area contributed by atoms with Gasteiger partial charge in [-0.2, -0.15) is 9.41 Å². The minimum atomic E-state index is -0.676. The molecule has 1 N–H and O–H groups in total. The zero-order valence-corrected chi connectivity index (χ0v) is 22.1. The third kappa shape index (κ3) is 4.79. The topological polar surface area (TPSA) is 121 Å². The van der Waals surface area contributed by atoms with Gasteiger partial charge in [-0.25, -0.2) is 9.18 Å². The number of amides is 1. The van der Waals surface area contributed by atoms with Crippen LogP contribution in [0.4, 0.5) is 14.9 Å². The third-order valence-electron chi connectivity index (χ3n) is 7.19. The monoisotopic (exact) mass is 559 g/mol. The second-order valence-electron chi connectivity index (χ2n) is 9.59. The van der Waals surface area contributed by atoms with E-state index in [1.807, 2.05) is 12.1 Å². The summed E-state index contributed by atoms with van der Waals surface area (Å²) in [6, 6.07) is 11.8. The van der Waals surface area contributed by atoms with Gasteiger partial charge in [0.2, 0.25) is 5.69 Å². The smallest absolute Gasteiger partial charge is 0.411 e. The molecule has 202 valence electrons. The number of hydrogen-bond acceptors (Lipinski definition) is 7. The van der Waals surface area contributed by atoms with E-state index in [9.17, 15) is 14.4 Å². The number of fused-ring (bicyclic) bond motifs is 1. The lowest BCUT2D eigenvalue weighted by Gasteiger charge is -2.25. The highest BCUT2D eigenvalue weighted by Gasteiger charge is 2.34. The minimum Gasteiger partial charge on any atom is -0.618 e. The van der Waals surface area contributed by atoms with Gasteiger partial charge in [0.1, 0.15) is 12.1 Å². The summed E-state index contributed by atoms with van der Waals surface area (Å²) in [6.07, 6.45) is 6.84. The van der Waals surface area contributed by atoms with Gasteiger partial charge < -0.3 is 9.94 Å². The van der Waals surface area contributed by atoms with Crippen LogP contribution in [-0.2, 0) is 11.2 Å². The molecular formula is C28H23ClFN7O3. The number of nitrogens with zero attached hydrogens (tertiary/aromatic N) is 6. The lowest BCUT2D eigenvalue weighted by atomic mass is 9.81. The number of aryl methyl sites for hydroxylation is 1. The summed E-state index contributed by atoms with van der Waals surface area (Å²) in [5, 5.41) is 27.9. The number of methoxy groups -OCH3 is 1. The van der Waals surface area contributed by atoms with Crippen LogP contribution in [0.3, 0.4) is 0 Å². The molecule has 1 aliphatic heterocycles. The van der Waals surface area contributed by atoms with Gasteiger partial charge in [0, 0.05) is 51.3 Å². The first kappa shape index (κ1) is 25.6. The molecule has 10 nitrogen and oxygen atoms in total. The van der Waals surface area contributed by atoms with Gasteiger partial charge >= 0.3 is 6.09 Å². The second-order valence-corrected chi connectivity index (χ2v) is 10.0. The first-order valence-corrected chi connectivity index (χ1v) is 13.0. The SMILES string of the molecule is COC(=O)Nc1ccc(C2=CN=C(C3CCCc4cc(-c5cc(Cl)ccc5-n5cnnn5)c[n+]([O-])c43)C2)c(F)c1. The van der Waals surface area contributed by atoms with Crippen molar-refractivity contribution < 1.29 is 18.7 Å². The molecule has 1 amide bonds. The van der Waals surface area contributed by atoms with Crippen LogP contribution < -0.4 is 10.0 Å². The maximum atomic E-state index is 14.9. The van der Waals surface area contributed by atoms with Crippen molar-refractivity contribution in [2.75, 3.05) is 12.4 Å². The van der Waals surface area contributed by atoms with Crippen molar-refractivity contribution in [2.24, 2.45) is 4.99 Å². The quantitative estimate of drug-likeness (QED) is 0.264. The van der Waals surface area contributed by atoms with Crippen LogP contribution in [-0.4, -0.2) is 39.1 Å². The molecule has 2 aromatic carbocycles. The number of allylic oxidation sites excluding steroid dienone is 1. The Kier molecular flexibility index (Phi) is 6.72. The van der Waals surface area contributed by atoms with Crippen molar-refractivity contribution in [2.45, 2.75) is 31.6 Å². The number of benzene rings is 2. The van der Waals surface area contributed by atoms with Crippen LogP contribution in [0.15, 0.2) is 66.2 Å². The average molecular weight is 560 g/mol. The second kappa shape index (κ2) is 10.5. The summed E-state index contributed by atoms with van der Waals surface area (Å²) >= 11 is 6.32. The molecule has 0 saturated carbocycles. The molecule has 0 bridgehead atoms. The number of aromatic nitrogens is 5. The highest BCUT2D eigenvalue weighted by molar-refractivity contribution is 6.31. The Morgan fingerprint density at radius 1 is 1.23 bits per heavy atom. The van der Waals surface area contributed by atoms with Crippen molar-refractivity contribution >= 4 is 34.7 Å². The van der Waals surface area contributed by atoms with E-state index < -0.39 is 11.9 Å². The normalized spacial score (nSPS) is 16.2. The summed E-state index contributed by atoms with van der Waals surface area (Å²) in [5.41, 5.74) is 5.95. The van der Waals surface area contributed by atoms with Gasteiger partial charge in [0.05, 0.1) is 18.7 Å². The maximum Gasteiger partial charge on any atom is 0.411 e. The Morgan fingerprint density at radius 3 is 2.88 bits per heavy atom. The Hall–Kier alpha value is -4.64. The number of ether oxygens (including phenoxy) is 1. The predicted molar refractivity (Wildman–Crippen MR) is 147 cm³/mol. The summed E-state index contributed by atoms with van der Waals surface area (Å²) in [4.78, 5) is 16.1. The number of tetrazole rings is 1. The van der Waals surface area contributed by atoms with Gasteiger partial charge in [-0.05, 0) is 77.7 Å². The molecule has 1 unspecified atom stereocenters.